The maximum atomic E-state index is 12.6. The van der Waals surface area contributed by atoms with Gasteiger partial charge in [0.15, 0.2) is 0 Å². The van der Waals surface area contributed by atoms with Crippen LogP contribution >= 0.6 is 0 Å². The summed E-state index contributed by atoms with van der Waals surface area (Å²) in [5.74, 6) is -0.671. The van der Waals surface area contributed by atoms with Gasteiger partial charge in [0.1, 0.15) is 6.54 Å². The minimum Gasteiger partial charge on any atom is -0.328 e. The molecule has 2 rings (SSSR count). The molecule has 0 saturated heterocycles. The molecule has 2 aromatic rings. The van der Waals surface area contributed by atoms with E-state index in [1.54, 1.807) is 32.0 Å². The molecule has 0 atom stereocenters. The Morgan fingerprint density at radius 2 is 1.67 bits per heavy atom. The highest BCUT2D eigenvalue weighted by Crippen LogP contribution is 2.22. The van der Waals surface area contributed by atoms with Crippen LogP contribution in [0.5, 0.6) is 0 Å². The van der Waals surface area contributed by atoms with Crippen LogP contribution < -0.4 is 5.56 Å². The Balaban J connectivity index is 2.23. The molecule has 0 saturated carbocycles. The largest absolute Gasteiger partial charge is 0.406 e. The number of H-pyrrole nitrogens is 1. The summed E-state index contributed by atoms with van der Waals surface area (Å²) in [5.41, 5.74) is 1.44. The van der Waals surface area contributed by atoms with Gasteiger partial charge in [-0.1, -0.05) is 12.1 Å². The Morgan fingerprint density at radius 1 is 1.08 bits per heavy atom. The van der Waals surface area contributed by atoms with Crippen LogP contribution in [0, 0.1) is 0 Å². The molecule has 1 heterocycles. The van der Waals surface area contributed by atoms with E-state index < -0.39 is 24.7 Å². The Labute approximate surface area is 136 Å². The monoisotopic (exact) mass is 338 g/mol. The number of benzene rings is 1. The van der Waals surface area contributed by atoms with Gasteiger partial charge >= 0.3 is 6.18 Å². The van der Waals surface area contributed by atoms with Crippen molar-refractivity contribution in [2.24, 2.45) is 0 Å². The van der Waals surface area contributed by atoms with Crippen LogP contribution in [0.4, 0.5) is 13.2 Å². The van der Waals surface area contributed by atoms with Gasteiger partial charge in [-0.3, -0.25) is 9.59 Å². The molecule has 0 aliphatic heterocycles. The Morgan fingerprint density at radius 3 is 2.12 bits per heavy atom. The highest BCUT2D eigenvalue weighted by Gasteiger charge is 2.34. The zero-order chi connectivity index (χ0) is 17.9. The fraction of sp³-hybridized carbons (Fsp3) is 0.294. The van der Waals surface area contributed by atoms with Gasteiger partial charge in [0.25, 0.3) is 5.91 Å². The zero-order valence-electron chi connectivity index (χ0n) is 13.2. The Hall–Kier alpha value is -2.57. The fourth-order valence-corrected chi connectivity index (χ4v) is 2.24. The number of alkyl halides is 3. The predicted molar refractivity (Wildman–Crippen MR) is 84.7 cm³/mol. The van der Waals surface area contributed by atoms with Crippen LogP contribution in [0.15, 0.2) is 47.4 Å². The SMILES string of the molecule is CC(C)N(CC(F)(F)F)C(=O)c1ccc(-c2ccc(=O)[nH]c2)cc1. The van der Waals surface area contributed by atoms with E-state index in [0.717, 1.165) is 16.0 Å². The predicted octanol–water partition coefficient (Wildman–Crippen LogP) is 3.45. The highest BCUT2D eigenvalue weighted by atomic mass is 19.4. The van der Waals surface area contributed by atoms with Crippen LogP contribution in [0.25, 0.3) is 11.1 Å². The van der Waals surface area contributed by atoms with Gasteiger partial charge in [0.2, 0.25) is 5.56 Å². The summed E-state index contributed by atoms with van der Waals surface area (Å²) in [5, 5.41) is 0. The third-order valence-electron chi connectivity index (χ3n) is 3.48. The molecule has 1 aromatic carbocycles. The number of carbonyl (C=O) groups is 1. The van der Waals surface area contributed by atoms with Gasteiger partial charge in [-0.05, 0) is 43.2 Å². The minimum atomic E-state index is -4.45. The van der Waals surface area contributed by atoms with Gasteiger partial charge in [-0.25, -0.2) is 0 Å². The standard InChI is InChI=1S/C17H17F3N2O2/c1-11(2)22(10-17(18,19)20)16(24)13-5-3-12(4-6-13)14-7-8-15(23)21-9-14/h3-9,11H,10H2,1-2H3,(H,21,23). The van der Waals surface area contributed by atoms with Crippen molar-refractivity contribution < 1.29 is 18.0 Å². The highest BCUT2D eigenvalue weighted by molar-refractivity contribution is 5.95. The van der Waals surface area contributed by atoms with Crippen molar-refractivity contribution >= 4 is 5.91 Å². The summed E-state index contributed by atoms with van der Waals surface area (Å²) < 4.78 is 37.9. The first-order valence-electron chi connectivity index (χ1n) is 7.34. The molecule has 4 nitrogen and oxygen atoms in total. The lowest BCUT2D eigenvalue weighted by Gasteiger charge is -2.27. The molecule has 0 unspecified atom stereocenters. The first-order chi connectivity index (χ1) is 11.2. The number of halogens is 3. The van der Waals surface area contributed by atoms with Gasteiger partial charge in [-0.15, -0.1) is 0 Å². The van der Waals surface area contributed by atoms with Crippen molar-refractivity contribution in [3.05, 3.63) is 58.5 Å². The van der Waals surface area contributed by atoms with E-state index in [2.05, 4.69) is 4.98 Å². The molecule has 0 radical (unpaired) electrons. The maximum Gasteiger partial charge on any atom is 0.406 e. The zero-order valence-corrected chi connectivity index (χ0v) is 13.2. The number of nitrogens with one attached hydrogen (secondary N) is 1. The molecule has 128 valence electrons. The third-order valence-corrected chi connectivity index (χ3v) is 3.48. The van der Waals surface area contributed by atoms with E-state index in [4.69, 9.17) is 0 Å². The first-order valence-corrected chi connectivity index (χ1v) is 7.34. The third kappa shape index (κ3) is 4.47. The number of hydrogen-bond acceptors (Lipinski definition) is 2. The molecular formula is C17H17F3N2O2. The van der Waals surface area contributed by atoms with Crippen LogP contribution in [-0.4, -0.2) is 34.6 Å². The molecule has 0 spiro atoms. The van der Waals surface area contributed by atoms with Crippen molar-refractivity contribution in [2.75, 3.05) is 6.54 Å². The van der Waals surface area contributed by atoms with Crippen molar-refractivity contribution in [3.63, 3.8) is 0 Å². The van der Waals surface area contributed by atoms with Gasteiger partial charge in [-0.2, -0.15) is 13.2 Å². The lowest BCUT2D eigenvalue weighted by atomic mass is 10.0. The van der Waals surface area contributed by atoms with E-state index in [-0.39, 0.29) is 11.1 Å². The molecule has 1 amide bonds. The van der Waals surface area contributed by atoms with Crippen molar-refractivity contribution in [1.82, 2.24) is 9.88 Å². The van der Waals surface area contributed by atoms with Crippen molar-refractivity contribution in [1.29, 1.82) is 0 Å². The van der Waals surface area contributed by atoms with Crippen LogP contribution in [-0.2, 0) is 0 Å². The lowest BCUT2D eigenvalue weighted by Crippen LogP contribution is -2.43. The minimum absolute atomic E-state index is 0.182. The Bertz CT molecular complexity index is 744. The second-order valence-corrected chi connectivity index (χ2v) is 5.66. The molecule has 7 heteroatoms. The van der Waals surface area contributed by atoms with E-state index in [1.807, 2.05) is 0 Å². The maximum absolute atomic E-state index is 12.6. The number of rotatable bonds is 4. The average Bonchev–Trinajstić information content (AvgIpc) is 2.52. The van der Waals surface area contributed by atoms with Gasteiger partial charge in [0.05, 0.1) is 0 Å². The van der Waals surface area contributed by atoms with Crippen molar-refractivity contribution in [3.8, 4) is 11.1 Å². The summed E-state index contributed by atoms with van der Waals surface area (Å²) in [4.78, 5) is 26.7. The topological polar surface area (TPSA) is 53.2 Å². The average molecular weight is 338 g/mol. The lowest BCUT2D eigenvalue weighted by molar-refractivity contribution is -0.143. The van der Waals surface area contributed by atoms with E-state index in [0.29, 0.717) is 0 Å². The molecule has 24 heavy (non-hydrogen) atoms. The summed E-state index contributed by atoms with van der Waals surface area (Å²) in [6.45, 7) is 1.79. The number of aromatic amines is 1. The molecule has 0 bridgehead atoms. The van der Waals surface area contributed by atoms with Crippen molar-refractivity contribution in [2.45, 2.75) is 26.1 Å². The summed E-state index contributed by atoms with van der Waals surface area (Å²) in [7, 11) is 0. The number of aromatic nitrogens is 1. The summed E-state index contributed by atoms with van der Waals surface area (Å²) in [6, 6.07) is 8.65. The van der Waals surface area contributed by atoms with Gasteiger partial charge < -0.3 is 9.88 Å². The molecule has 1 aromatic heterocycles. The number of amides is 1. The van der Waals surface area contributed by atoms with E-state index in [1.165, 1.54) is 24.4 Å². The molecule has 0 fully saturated rings. The van der Waals surface area contributed by atoms with Crippen LogP contribution in [0.3, 0.4) is 0 Å². The summed E-state index contributed by atoms with van der Waals surface area (Å²) in [6.07, 6.45) is -2.92. The fourth-order valence-electron chi connectivity index (χ4n) is 2.24. The second-order valence-electron chi connectivity index (χ2n) is 5.66. The summed E-state index contributed by atoms with van der Waals surface area (Å²) >= 11 is 0. The van der Waals surface area contributed by atoms with E-state index >= 15 is 0 Å². The number of nitrogens with zero attached hydrogens (tertiary/aromatic N) is 1. The normalized spacial score (nSPS) is 11.6. The molecule has 0 aliphatic carbocycles. The van der Waals surface area contributed by atoms with Crippen LogP contribution in [0.1, 0.15) is 24.2 Å². The molecule has 1 N–H and O–H groups in total. The second kappa shape index (κ2) is 6.90. The first kappa shape index (κ1) is 17.8. The van der Waals surface area contributed by atoms with Gasteiger partial charge in [0, 0.05) is 23.9 Å². The number of hydrogen-bond donors (Lipinski definition) is 1. The number of carbonyl (C=O) groups excluding carboxylic acids is 1. The number of pyridine rings is 1. The van der Waals surface area contributed by atoms with E-state index in [9.17, 15) is 22.8 Å². The molecule has 0 aliphatic rings. The Kier molecular flexibility index (Phi) is 5.11. The van der Waals surface area contributed by atoms with Crippen LogP contribution in [0.2, 0.25) is 0 Å². The smallest absolute Gasteiger partial charge is 0.328 e. The quantitative estimate of drug-likeness (QED) is 0.928. The molecular weight excluding hydrogens is 321 g/mol.